The molecule has 0 aliphatic heterocycles. The number of hydrogen-bond acceptors (Lipinski definition) is 3. The highest BCUT2D eigenvalue weighted by molar-refractivity contribution is 5.85. The van der Waals surface area contributed by atoms with Crippen molar-refractivity contribution in [1.82, 2.24) is 4.98 Å². The van der Waals surface area contributed by atoms with Crippen LogP contribution in [0.4, 0.5) is 0 Å². The van der Waals surface area contributed by atoms with Gasteiger partial charge in [0.1, 0.15) is 11.3 Å². The van der Waals surface area contributed by atoms with Gasteiger partial charge in [-0.15, -0.1) is 0 Å². The van der Waals surface area contributed by atoms with Gasteiger partial charge in [-0.25, -0.2) is 4.98 Å². The summed E-state index contributed by atoms with van der Waals surface area (Å²) < 4.78 is 5.49. The second-order valence-electron chi connectivity index (χ2n) is 7.00. The van der Waals surface area contributed by atoms with E-state index in [1.807, 2.05) is 0 Å². The van der Waals surface area contributed by atoms with Gasteiger partial charge in [-0.2, -0.15) is 0 Å². The van der Waals surface area contributed by atoms with Gasteiger partial charge < -0.3 is 9.84 Å². The number of rotatable bonds is 12. The summed E-state index contributed by atoms with van der Waals surface area (Å²) in [5.74, 6) is 0.873. The molecule has 0 unspecified atom stereocenters. The highest BCUT2D eigenvalue weighted by Gasteiger charge is 2.06. The van der Waals surface area contributed by atoms with E-state index in [-0.39, 0.29) is 0 Å². The van der Waals surface area contributed by atoms with Gasteiger partial charge in [-0.1, -0.05) is 51.0 Å². The van der Waals surface area contributed by atoms with Crippen molar-refractivity contribution < 1.29 is 9.84 Å². The van der Waals surface area contributed by atoms with Crippen molar-refractivity contribution in [2.24, 2.45) is 0 Å². The number of hydrogen-bond donors (Lipinski definition) is 1. The molecule has 0 radical (unpaired) electrons. The Hall–Kier alpha value is -1.61. The van der Waals surface area contributed by atoms with Crippen LogP contribution in [0.15, 0.2) is 24.3 Å². The molecule has 25 heavy (non-hydrogen) atoms. The number of aliphatic hydroxyl groups is 1. The summed E-state index contributed by atoms with van der Waals surface area (Å²) in [5, 5.41) is 9.90. The van der Waals surface area contributed by atoms with Gasteiger partial charge >= 0.3 is 0 Å². The van der Waals surface area contributed by atoms with E-state index < -0.39 is 0 Å². The van der Waals surface area contributed by atoms with Crippen molar-refractivity contribution in [3.63, 3.8) is 0 Å². The molecule has 1 heterocycles. The van der Waals surface area contributed by atoms with E-state index in [0.29, 0.717) is 6.61 Å². The van der Waals surface area contributed by atoms with Gasteiger partial charge in [0.05, 0.1) is 7.11 Å². The molecule has 0 bridgehead atoms. The van der Waals surface area contributed by atoms with E-state index in [1.165, 1.54) is 62.6 Å². The molecule has 1 N–H and O–H groups in total. The summed E-state index contributed by atoms with van der Waals surface area (Å²) in [6, 6.07) is 8.54. The number of fused-ring (bicyclic) bond motifs is 1. The molecule has 0 saturated heterocycles. The molecule has 0 atom stereocenters. The normalized spacial score (nSPS) is 11.2. The van der Waals surface area contributed by atoms with Crippen molar-refractivity contribution >= 4 is 10.9 Å². The second-order valence-corrected chi connectivity index (χ2v) is 7.00. The van der Waals surface area contributed by atoms with Crippen molar-refractivity contribution in [1.29, 1.82) is 0 Å². The Balaban J connectivity index is 1.70. The molecular formula is C22H33NO2. The molecule has 0 aliphatic carbocycles. The van der Waals surface area contributed by atoms with E-state index in [0.717, 1.165) is 29.5 Å². The minimum absolute atomic E-state index is 0.342. The van der Waals surface area contributed by atoms with E-state index in [2.05, 4.69) is 31.2 Å². The van der Waals surface area contributed by atoms with Crippen LogP contribution in [0.3, 0.4) is 0 Å². The van der Waals surface area contributed by atoms with Gasteiger partial charge in [0.15, 0.2) is 0 Å². The van der Waals surface area contributed by atoms with Gasteiger partial charge in [0.25, 0.3) is 0 Å². The summed E-state index contributed by atoms with van der Waals surface area (Å²) in [6.45, 7) is 2.43. The number of nitrogens with zero attached hydrogens (tertiary/aromatic N) is 1. The molecule has 3 heteroatoms. The summed E-state index contributed by atoms with van der Waals surface area (Å²) in [5.41, 5.74) is 3.35. The average molecular weight is 344 g/mol. The fraction of sp³-hybridized carbons (Fsp3) is 0.591. The molecule has 0 aliphatic rings. The average Bonchev–Trinajstić information content (AvgIpc) is 2.62. The summed E-state index contributed by atoms with van der Waals surface area (Å²) in [7, 11) is 1.71. The zero-order chi connectivity index (χ0) is 17.9. The van der Waals surface area contributed by atoms with Crippen LogP contribution in [-0.4, -0.2) is 23.8 Å². The Morgan fingerprint density at radius 3 is 2.16 bits per heavy atom. The first-order valence-electron chi connectivity index (χ1n) is 9.79. The molecule has 1 aromatic heterocycles. The van der Waals surface area contributed by atoms with Crippen molar-refractivity contribution in [2.75, 3.05) is 13.7 Å². The lowest BCUT2D eigenvalue weighted by molar-refractivity contribution is 0.282. The highest BCUT2D eigenvalue weighted by atomic mass is 16.5. The minimum atomic E-state index is 0.342. The lowest BCUT2D eigenvalue weighted by atomic mass is 10.0. The fourth-order valence-electron chi connectivity index (χ4n) is 3.34. The monoisotopic (exact) mass is 343 g/mol. The van der Waals surface area contributed by atoms with Crippen molar-refractivity contribution in [3.8, 4) is 5.75 Å². The first-order valence-corrected chi connectivity index (χ1v) is 9.79. The molecule has 2 aromatic rings. The van der Waals surface area contributed by atoms with Crippen LogP contribution in [0.2, 0.25) is 0 Å². The predicted molar refractivity (Wildman–Crippen MR) is 105 cm³/mol. The van der Waals surface area contributed by atoms with Crippen LogP contribution in [0, 0.1) is 6.92 Å². The Morgan fingerprint density at radius 2 is 1.52 bits per heavy atom. The number of aromatic nitrogens is 1. The predicted octanol–water partition coefficient (Wildman–Crippen LogP) is 5.60. The number of ether oxygens (including phenoxy) is 1. The Kier molecular flexibility index (Phi) is 8.75. The minimum Gasteiger partial charge on any atom is -0.494 e. The fourth-order valence-corrected chi connectivity index (χ4v) is 3.34. The van der Waals surface area contributed by atoms with E-state index in [9.17, 15) is 0 Å². The molecule has 0 spiro atoms. The number of aliphatic hydroxyl groups excluding tert-OH is 1. The smallest absolute Gasteiger partial charge is 0.145 e. The van der Waals surface area contributed by atoms with Crippen LogP contribution in [0.25, 0.3) is 10.9 Å². The zero-order valence-corrected chi connectivity index (χ0v) is 15.9. The largest absolute Gasteiger partial charge is 0.494 e. The summed E-state index contributed by atoms with van der Waals surface area (Å²) in [4.78, 5) is 4.82. The SMILES string of the molecule is COc1cc(C)cc2ccc(CCCCCCCCCCCO)nc12. The van der Waals surface area contributed by atoms with Crippen molar-refractivity contribution in [3.05, 3.63) is 35.5 Å². The van der Waals surface area contributed by atoms with Gasteiger partial charge in [-0.3, -0.25) is 0 Å². The Labute approximate surface area is 152 Å². The quantitative estimate of drug-likeness (QED) is 0.510. The molecule has 0 amide bonds. The van der Waals surface area contributed by atoms with Crippen LogP contribution in [0.1, 0.15) is 69.0 Å². The Morgan fingerprint density at radius 1 is 0.880 bits per heavy atom. The van der Waals surface area contributed by atoms with Gasteiger partial charge in [0, 0.05) is 17.7 Å². The van der Waals surface area contributed by atoms with E-state index in [4.69, 9.17) is 14.8 Å². The number of methoxy groups -OCH3 is 1. The van der Waals surface area contributed by atoms with Crippen LogP contribution >= 0.6 is 0 Å². The molecule has 0 fully saturated rings. The lowest BCUT2D eigenvalue weighted by Crippen LogP contribution is -1.94. The molecule has 2 rings (SSSR count). The maximum absolute atomic E-state index is 8.75. The highest BCUT2D eigenvalue weighted by Crippen LogP contribution is 2.26. The number of benzene rings is 1. The maximum atomic E-state index is 8.75. The molecule has 138 valence electrons. The molecule has 1 aromatic carbocycles. The molecular weight excluding hydrogens is 310 g/mol. The third kappa shape index (κ3) is 6.66. The topological polar surface area (TPSA) is 42.4 Å². The number of unbranched alkanes of at least 4 members (excludes halogenated alkanes) is 8. The van der Waals surface area contributed by atoms with Gasteiger partial charge in [0.2, 0.25) is 0 Å². The summed E-state index contributed by atoms with van der Waals surface area (Å²) >= 11 is 0. The first kappa shape index (κ1) is 19.7. The second kappa shape index (κ2) is 11.1. The van der Waals surface area contributed by atoms with E-state index >= 15 is 0 Å². The van der Waals surface area contributed by atoms with E-state index in [1.54, 1.807) is 7.11 Å². The zero-order valence-electron chi connectivity index (χ0n) is 15.9. The standard InChI is InChI=1S/C22H33NO2/c1-18-16-19-13-14-20(23-22(19)21(17-18)25-2)12-10-8-6-4-3-5-7-9-11-15-24/h13-14,16-17,24H,3-12,15H2,1-2H3. The number of pyridine rings is 1. The molecule has 3 nitrogen and oxygen atoms in total. The third-order valence-electron chi connectivity index (χ3n) is 4.77. The maximum Gasteiger partial charge on any atom is 0.145 e. The summed E-state index contributed by atoms with van der Waals surface area (Å²) in [6.07, 6.45) is 12.2. The third-order valence-corrected chi connectivity index (χ3v) is 4.77. The van der Waals surface area contributed by atoms with Crippen LogP contribution < -0.4 is 4.74 Å². The van der Waals surface area contributed by atoms with Crippen molar-refractivity contribution in [2.45, 2.75) is 71.1 Å². The first-order chi connectivity index (χ1) is 12.2. The van der Waals surface area contributed by atoms with Crippen LogP contribution in [0.5, 0.6) is 5.75 Å². The van der Waals surface area contributed by atoms with Gasteiger partial charge in [-0.05, 0) is 49.9 Å². The Bertz CT molecular complexity index is 639. The lowest BCUT2D eigenvalue weighted by Gasteiger charge is -2.08. The number of aryl methyl sites for hydroxylation is 2. The van der Waals surface area contributed by atoms with Crippen LogP contribution in [-0.2, 0) is 6.42 Å². The molecule has 0 saturated carbocycles.